The van der Waals surface area contributed by atoms with Crippen LogP contribution in [-0.2, 0) is 0 Å². The average molecular weight is 294 g/mol. The first-order valence-electron chi connectivity index (χ1n) is 8.17. The third-order valence-corrected chi connectivity index (χ3v) is 3.74. The lowest BCUT2D eigenvalue weighted by Gasteiger charge is -2.27. The predicted molar refractivity (Wildman–Crippen MR) is 86.6 cm³/mol. The highest BCUT2D eigenvalue weighted by atomic mass is 16.5. The van der Waals surface area contributed by atoms with Gasteiger partial charge in [0, 0.05) is 0 Å². The summed E-state index contributed by atoms with van der Waals surface area (Å²) >= 11 is 0. The van der Waals surface area contributed by atoms with Crippen LogP contribution in [-0.4, -0.2) is 22.4 Å². The van der Waals surface area contributed by atoms with Crippen molar-refractivity contribution in [1.82, 2.24) is 0 Å². The van der Waals surface area contributed by atoms with Crippen molar-refractivity contribution >= 4 is 0 Å². The molecule has 1 atom stereocenters. The smallest absolute Gasteiger partial charge is 0.119 e. The second-order valence-electron chi connectivity index (χ2n) is 5.89. The van der Waals surface area contributed by atoms with E-state index in [0.717, 1.165) is 44.1 Å². The summed E-state index contributed by atoms with van der Waals surface area (Å²) in [5, 5.41) is 20.6. The fourth-order valence-corrected chi connectivity index (χ4v) is 2.67. The number of hydrogen-bond acceptors (Lipinski definition) is 3. The third-order valence-electron chi connectivity index (χ3n) is 3.74. The maximum atomic E-state index is 10.6. The van der Waals surface area contributed by atoms with E-state index in [1.807, 2.05) is 24.3 Å². The Kier molecular flexibility index (Phi) is 7.76. The average Bonchev–Trinajstić information content (AvgIpc) is 2.46. The minimum atomic E-state index is -0.748. The van der Waals surface area contributed by atoms with Gasteiger partial charge in [0.1, 0.15) is 12.4 Å². The van der Waals surface area contributed by atoms with Gasteiger partial charge in [0.15, 0.2) is 0 Å². The molecule has 1 rings (SSSR count). The van der Waals surface area contributed by atoms with Gasteiger partial charge < -0.3 is 14.9 Å². The van der Waals surface area contributed by atoms with Crippen molar-refractivity contribution in [3.63, 3.8) is 0 Å². The maximum Gasteiger partial charge on any atom is 0.119 e. The highest BCUT2D eigenvalue weighted by Crippen LogP contribution is 2.25. The normalized spacial score (nSPS) is 13.2. The van der Waals surface area contributed by atoms with Crippen LogP contribution < -0.4 is 4.74 Å². The van der Waals surface area contributed by atoms with Gasteiger partial charge in [-0.15, -0.1) is 0 Å². The Labute approximate surface area is 129 Å². The molecule has 0 aliphatic rings. The summed E-state index contributed by atoms with van der Waals surface area (Å²) in [6.07, 6.45) is 4.63. The highest BCUT2D eigenvalue weighted by molar-refractivity contribution is 5.30. The largest absolute Gasteiger partial charge is 0.491 e. The molecular formula is C18H30O3. The van der Waals surface area contributed by atoms with Gasteiger partial charge in [0.25, 0.3) is 0 Å². The first kappa shape index (κ1) is 18.0. The summed E-state index contributed by atoms with van der Waals surface area (Å²) in [5.41, 5.74) is 0.130. The quantitative estimate of drug-likeness (QED) is 0.679. The lowest BCUT2D eigenvalue weighted by Crippen LogP contribution is -2.35. The molecule has 0 aromatic heterocycles. The van der Waals surface area contributed by atoms with Gasteiger partial charge in [-0.2, -0.15) is 0 Å². The van der Waals surface area contributed by atoms with Gasteiger partial charge in [-0.3, -0.25) is 0 Å². The molecule has 3 nitrogen and oxygen atoms in total. The van der Waals surface area contributed by atoms with Crippen LogP contribution in [0, 0.1) is 0 Å². The van der Waals surface area contributed by atoms with Crippen molar-refractivity contribution in [3.05, 3.63) is 29.8 Å². The zero-order valence-electron chi connectivity index (χ0n) is 13.6. The number of benzene rings is 1. The van der Waals surface area contributed by atoms with Crippen molar-refractivity contribution in [3.8, 4) is 5.75 Å². The zero-order valence-corrected chi connectivity index (χ0v) is 13.6. The molecule has 0 aliphatic carbocycles. The minimum absolute atomic E-state index is 0.308. The predicted octanol–water partition coefficient (Wildman–Crippen LogP) is 4.23. The van der Waals surface area contributed by atoms with Gasteiger partial charge in [-0.25, -0.2) is 0 Å². The third kappa shape index (κ3) is 6.06. The number of ether oxygens (including phenoxy) is 1. The van der Waals surface area contributed by atoms with Gasteiger partial charge >= 0.3 is 0 Å². The Morgan fingerprint density at radius 3 is 2.33 bits per heavy atom. The van der Waals surface area contributed by atoms with Crippen LogP contribution in [0.5, 0.6) is 5.75 Å². The van der Waals surface area contributed by atoms with E-state index in [1.165, 1.54) is 0 Å². The standard InChI is InChI=1S/C18H30O3/c1-4-8-17(19)15-9-7-10-16(13-15)21-14-18(20,11-5-2)12-6-3/h7,9-10,13,17,19-20H,4-6,8,11-12,14H2,1-3H3/t17-/m1/s1. The number of rotatable bonds is 10. The van der Waals surface area contributed by atoms with E-state index in [2.05, 4.69) is 20.8 Å². The summed E-state index contributed by atoms with van der Waals surface area (Å²) in [4.78, 5) is 0. The molecule has 0 saturated heterocycles. The van der Waals surface area contributed by atoms with E-state index in [4.69, 9.17) is 4.74 Å². The first-order chi connectivity index (χ1) is 10.0. The van der Waals surface area contributed by atoms with Crippen LogP contribution in [0.3, 0.4) is 0 Å². The molecule has 1 aromatic carbocycles. The second-order valence-corrected chi connectivity index (χ2v) is 5.89. The Morgan fingerprint density at radius 1 is 1.10 bits per heavy atom. The van der Waals surface area contributed by atoms with E-state index in [-0.39, 0.29) is 0 Å². The molecule has 120 valence electrons. The number of aliphatic hydroxyl groups excluding tert-OH is 1. The Morgan fingerprint density at radius 2 is 1.76 bits per heavy atom. The van der Waals surface area contributed by atoms with Crippen molar-refractivity contribution in [1.29, 1.82) is 0 Å². The Balaban J connectivity index is 2.67. The van der Waals surface area contributed by atoms with Crippen LogP contribution >= 0.6 is 0 Å². The van der Waals surface area contributed by atoms with Crippen LogP contribution in [0.4, 0.5) is 0 Å². The lowest BCUT2D eigenvalue weighted by atomic mass is 9.94. The van der Waals surface area contributed by atoms with Crippen LogP contribution in [0.25, 0.3) is 0 Å². The number of hydrogen-bond donors (Lipinski definition) is 2. The van der Waals surface area contributed by atoms with E-state index in [9.17, 15) is 10.2 Å². The first-order valence-corrected chi connectivity index (χ1v) is 8.17. The summed E-state index contributed by atoms with van der Waals surface area (Å²) in [5.74, 6) is 0.716. The summed E-state index contributed by atoms with van der Waals surface area (Å²) in [7, 11) is 0. The van der Waals surface area contributed by atoms with Crippen molar-refractivity contribution in [2.75, 3.05) is 6.61 Å². The molecule has 0 spiro atoms. The molecule has 0 saturated carbocycles. The summed E-state index contributed by atoms with van der Waals surface area (Å²) in [6, 6.07) is 7.55. The molecule has 0 heterocycles. The Bertz CT molecular complexity index is 397. The lowest BCUT2D eigenvalue weighted by molar-refractivity contribution is -0.0202. The van der Waals surface area contributed by atoms with E-state index < -0.39 is 11.7 Å². The molecule has 0 amide bonds. The SMILES string of the molecule is CCC[C@@H](O)c1cccc(OCC(O)(CCC)CCC)c1. The molecule has 0 radical (unpaired) electrons. The minimum Gasteiger partial charge on any atom is -0.491 e. The molecule has 0 aliphatic heterocycles. The fourth-order valence-electron chi connectivity index (χ4n) is 2.67. The molecule has 1 aromatic rings. The van der Waals surface area contributed by atoms with Gasteiger partial charge in [-0.05, 0) is 37.0 Å². The topological polar surface area (TPSA) is 49.7 Å². The van der Waals surface area contributed by atoms with Gasteiger partial charge in [0.05, 0.1) is 11.7 Å². The molecular weight excluding hydrogens is 264 g/mol. The highest BCUT2D eigenvalue weighted by Gasteiger charge is 2.25. The van der Waals surface area contributed by atoms with Crippen LogP contribution in [0.2, 0.25) is 0 Å². The molecule has 0 unspecified atom stereocenters. The van der Waals surface area contributed by atoms with Crippen molar-refractivity contribution < 1.29 is 14.9 Å². The zero-order chi connectivity index (χ0) is 15.7. The monoisotopic (exact) mass is 294 g/mol. The summed E-state index contributed by atoms with van der Waals surface area (Å²) < 4.78 is 5.78. The van der Waals surface area contributed by atoms with E-state index in [0.29, 0.717) is 12.4 Å². The van der Waals surface area contributed by atoms with Crippen LogP contribution in [0.15, 0.2) is 24.3 Å². The molecule has 0 bridgehead atoms. The number of aliphatic hydroxyl groups is 2. The fraction of sp³-hybridized carbons (Fsp3) is 0.667. The van der Waals surface area contributed by atoms with Gasteiger partial charge in [-0.1, -0.05) is 52.2 Å². The van der Waals surface area contributed by atoms with E-state index >= 15 is 0 Å². The summed E-state index contributed by atoms with van der Waals surface area (Å²) in [6.45, 7) is 6.51. The van der Waals surface area contributed by atoms with Crippen molar-refractivity contribution in [2.24, 2.45) is 0 Å². The van der Waals surface area contributed by atoms with Crippen molar-refractivity contribution in [2.45, 2.75) is 71.0 Å². The molecule has 2 N–H and O–H groups in total. The molecule has 0 fully saturated rings. The molecule has 21 heavy (non-hydrogen) atoms. The van der Waals surface area contributed by atoms with Gasteiger partial charge in [0.2, 0.25) is 0 Å². The second kappa shape index (κ2) is 9.06. The van der Waals surface area contributed by atoms with E-state index in [1.54, 1.807) is 0 Å². The maximum absolute atomic E-state index is 10.6. The van der Waals surface area contributed by atoms with Crippen LogP contribution in [0.1, 0.15) is 71.0 Å². The Hall–Kier alpha value is -1.06. The molecule has 3 heteroatoms.